The van der Waals surface area contributed by atoms with Crippen molar-refractivity contribution in [3.63, 3.8) is 0 Å². The van der Waals surface area contributed by atoms with Gasteiger partial charge in [-0.15, -0.1) is 0 Å². The summed E-state index contributed by atoms with van der Waals surface area (Å²) in [6.45, 7) is -0.102. The molecular formula is C14H22N2O6S. The molecule has 2 N–H and O–H groups in total. The molecule has 0 aromatic heterocycles. The van der Waals surface area contributed by atoms with Crippen LogP contribution in [-0.4, -0.2) is 64.7 Å². The van der Waals surface area contributed by atoms with Crippen molar-refractivity contribution in [1.82, 2.24) is 9.62 Å². The van der Waals surface area contributed by atoms with E-state index in [-0.39, 0.29) is 30.3 Å². The Bertz CT molecular complexity index is 632. The van der Waals surface area contributed by atoms with Gasteiger partial charge in [0.2, 0.25) is 15.9 Å². The largest absolute Gasteiger partial charge is 0.497 e. The SMILES string of the molecule is COc1ccc(OC)c(S(=O)(=O)N(C)CC(=O)NCCCO)c1. The second kappa shape index (κ2) is 8.70. The smallest absolute Gasteiger partial charge is 0.247 e. The summed E-state index contributed by atoms with van der Waals surface area (Å²) in [6, 6.07) is 4.41. The Morgan fingerprint density at radius 1 is 1.30 bits per heavy atom. The lowest BCUT2D eigenvalue weighted by atomic mass is 10.3. The first-order valence-corrected chi connectivity index (χ1v) is 8.36. The van der Waals surface area contributed by atoms with Crippen LogP contribution in [0.15, 0.2) is 23.1 Å². The second-order valence-corrected chi connectivity index (χ2v) is 6.72. The number of methoxy groups -OCH3 is 2. The fourth-order valence-corrected chi connectivity index (χ4v) is 3.10. The number of likely N-dealkylation sites (N-methyl/N-ethyl adjacent to an activating group) is 1. The zero-order valence-corrected chi connectivity index (χ0v) is 14.2. The number of amides is 1. The molecule has 1 amide bonds. The highest BCUT2D eigenvalue weighted by Crippen LogP contribution is 2.29. The van der Waals surface area contributed by atoms with E-state index in [1.807, 2.05) is 0 Å². The molecule has 0 aliphatic carbocycles. The Morgan fingerprint density at radius 2 is 2.00 bits per heavy atom. The molecule has 130 valence electrons. The fraction of sp³-hybridized carbons (Fsp3) is 0.500. The molecule has 1 aromatic rings. The van der Waals surface area contributed by atoms with Crippen LogP contribution < -0.4 is 14.8 Å². The van der Waals surface area contributed by atoms with Gasteiger partial charge >= 0.3 is 0 Å². The molecular weight excluding hydrogens is 324 g/mol. The number of rotatable bonds is 9. The number of carbonyl (C=O) groups is 1. The quantitative estimate of drug-likeness (QED) is 0.601. The Balaban J connectivity index is 2.95. The fourth-order valence-electron chi connectivity index (χ4n) is 1.80. The number of nitrogens with zero attached hydrogens (tertiary/aromatic N) is 1. The van der Waals surface area contributed by atoms with Gasteiger partial charge in [-0.1, -0.05) is 0 Å². The Kier molecular flexibility index (Phi) is 7.27. The van der Waals surface area contributed by atoms with Crippen molar-refractivity contribution in [3.05, 3.63) is 18.2 Å². The van der Waals surface area contributed by atoms with Crippen LogP contribution in [-0.2, 0) is 14.8 Å². The predicted octanol–water partition coefficient (Wildman–Crippen LogP) is -0.177. The summed E-state index contributed by atoms with van der Waals surface area (Å²) in [4.78, 5) is 11.7. The Hall–Kier alpha value is -1.84. The number of hydrogen-bond acceptors (Lipinski definition) is 6. The van der Waals surface area contributed by atoms with Crippen LogP contribution in [0.1, 0.15) is 6.42 Å². The number of hydrogen-bond donors (Lipinski definition) is 2. The summed E-state index contributed by atoms with van der Waals surface area (Å²) in [5.41, 5.74) is 0. The maximum absolute atomic E-state index is 12.6. The standard InChI is InChI=1S/C14H22N2O6S/c1-16(10-14(18)15-7-4-8-17)23(19,20)13-9-11(21-2)5-6-12(13)22-3/h5-6,9,17H,4,7-8,10H2,1-3H3,(H,15,18). The molecule has 0 atom stereocenters. The number of carbonyl (C=O) groups excluding carboxylic acids is 1. The molecule has 0 unspecified atom stereocenters. The van der Waals surface area contributed by atoms with Crippen LogP contribution in [0.4, 0.5) is 0 Å². The van der Waals surface area contributed by atoms with Crippen LogP contribution in [0, 0.1) is 0 Å². The minimum atomic E-state index is -3.92. The molecule has 1 aromatic carbocycles. The third kappa shape index (κ3) is 5.08. The lowest BCUT2D eigenvalue weighted by Gasteiger charge is -2.19. The molecule has 0 spiro atoms. The normalized spacial score (nSPS) is 11.3. The van der Waals surface area contributed by atoms with Gasteiger partial charge < -0.3 is 19.9 Å². The van der Waals surface area contributed by atoms with Crippen molar-refractivity contribution in [2.45, 2.75) is 11.3 Å². The number of nitrogens with one attached hydrogen (secondary N) is 1. The van der Waals surface area contributed by atoms with Gasteiger partial charge in [0, 0.05) is 26.3 Å². The molecule has 9 heteroatoms. The summed E-state index contributed by atoms with van der Waals surface area (Å²) in [5, 5.41) is 11.2. The minimum Gasteiger partial charge on any atom is -0.497 e. The van der Waals surface area contributed by atoms with Crippen molar-refractivity contribution >= 4 is 15.9 Å². The molecule has 0 heterocycles. The van der Waals surface area contributed by atoms with E-state index in [0.29, 0.717) is 12.2 Å². The predicted molar refractivity (Wildman–Crippen MR) is 84.1 cm³/mol. The van der Waals surface area contributed by atoms with Gasteiger partial charge in [-0.3, -0.25) is 4.79 Å². The summed E-state index contributed by atoms with van der Waals surface area (Å²) in [6.07, 6.45) is 0.409. The molecule has 0 aliphatic heterocycles. The van der Waals surface area contributed by atoms with Crippen molar-refractivity contribution in [1.29, 1.82) is 0 Å². The molecule has 0 radical (unpaired) electrons. The zero-order chi connectivity index (χ0) is 17.5. The van der Waals surface area contributed by atoms with Gasteiger partial charge in [0.05, 0.1) is 20.8 Å². The van der Waals surface area contributed by atoms with Gasteiger partial charge in [0.1, 0.15) is 16.4 Å². The molecule has 0 bridgehead atoms. The van der Waals surface area contributed by atoms with Crippen LogP contribution in [0.5, 0.6) is 11.5 Å². The highest BCUT2D eigenvalue weighted by atomic mass is 32.2. The van der Waals surface area contributed by atoms with E-state index < -0.39 is 15.9 Å². The van der Waals surface area contributed by atoms with Crippen LogP contribution in [0.3, 0.4) is 0 Å². The average Bonchev–Trinajstić information content (AvgIpc) is 2.54. The van der Waals surface area contributed by atoms with Gasteiger partial charge in [-0.25, -0.2) is 8.42 Å². The van der Waals surface area contributed by atoms with Gasteiger partial charge in [-0.2, -0.15) is 4.31 Å². The van der Waals surface area contributed by atoms with E-state index in [1.165, 1.54) is 33.4 Å². The highest BCUT2D eigenvalue weighted by molar-refractivity contribution is 7.89. The first-order chi connectivity index (χ1) is 10.9. The van der Waals surface area contributed by atoms with E-state index >= 15 is 0 Å². The van der Waals surface area contributed by atoms with Crippen molar-refractivity contribution in [2.24, 2.45) is 0 Å². The number of aliphatic hydroxyl groups excluding tert-OH is 1. The molecule has 0 fully saturated rings. The molecule has 1 rings (SSSR count). The van der Waals surface area contributed by atoms with Crippen molar-refractivity contribution in [2.75, 3.05) is 41.0 Å². The lowest BCUT2D eigenvalue weighted by Crippen LogP contribution is -2.38. The van der Waals surface area contributed by atoms with E-state index in [4.69, 9.17) is 14.6 Å². The topological polar surface area (TPSA) is 105 Å². The number of benzene rings is 1. The Labute approximate surface area is 136 Å². The second-order valence-electron chi connectivity index (χ2n) is 4.70. The number of aliphatic hydroxyl groups is 1. The first kappa shape index (κ1) is 19.2. The third-order valence-electron chi connectivity index (χ3n) is 3.08. The highest BCUT2D eigenvalue weighted by Gasteiger charge is 2.27. The van der Waals surface area contributed by atoms with Crippen molar-refractivity contribution in [3.8, 4) is 11.5 Å². The summed E-state index contributed by atoms with van der Waals surface area (Å²) < 4.78 is 36.3. The minimum absolute atomic E-state index is 0.0462. The summed E-state index contributed by atoms with van der Waals surface area (Å²) in [5.74, 6) is 0.0786. The van der Waals surface area contributed by atoms with Gasteiger partial charge in [0.25, 0.3) is 0 Å². The summed E-state index contributed by atoms with van der Waals surface area (Å²) >= 11 is 0. The Morgan fingerprint density at radius 3 is 2.57 bits per heavy atom. The molecule has 0 aliphatic rings. The maximum atomic E-state index is 12.6. The van der Waals surface area contributed by atoms with E-state index in [0.717, 1.165) is 4.31 Å². The summed E-state index contributed by atoms with van der Waals surface area (Å²) in [7, 11) is 0.174. The van der Waals surface area contributed by atoms with Gasteiger partial charge in [0.15, 0.2) is 0 Å². The molecule has 23 heavy (non-hydrogen) atoms. The number of sulfonamides is 1. The van der Waals surface area contributed by atoms with E-state index in [9.17, 15) is 13.2 Å². The van der Waals surface area contributed by atoms with Crippen LogP contribution in [0.25, 0.3) is 0 Å². The molecule has 0 saturated heterocycles. The number of ether oxygens (including phenoxy) is 2. The van der Waals surface area contributed by atoms with Crippen LogP contribution >= 0.6 is 0 Å². The molecule has 0 saturated carbocycles. The lowest BCUT2D eigenvalue weighted by molar-refractivity contribution is -0.121. The first-order valence-electron chi connectivity index (χ1n) is 6.92. The van der Waals surface area contributed by atoms with Crippen molar-refractivity contribution < 1.29 is 27.8 Å². The average molecular weight is 346 g/mol. The zero-order valence-electron chi connectivity index (χ0n) is 13.4. The monoisotopic (exact) mass is 346 g/mol. The third-order valence-corrected chi connectivity index (χ3v) is 4.91. The van der Waals surface area contributed by atoms with Gasteiger partial charge in [-0.05, 0) is 18.6 Å². The maximum Gasteiger partial charge on any atom is 0.247 e. The van der Waals surface area contributed by atoms with E-state index in [1.54, 1.807) is 6.07 Å². The van der Waals surface area contributed by atoms with E-state index in [2.05, 4.69) is 5.32 Å². The van der Waals surface area contributed by atoms with Crippen LogP contribution in [0.2, 0.25) is 0 Å². The molecule has 8 nitrogen and oxygen atoms in total.